The number of carbonyl (C=O) groups is 1. The average molecular weight is 344 g/mol. The first-order valence-corrected chi connectivity index (χ1v) is 8.17. The molecule has 0 aliphatic carbocycles. The van der Waals surface area contributed by atoms with Gasteiger partial charge in [-0.1, -0.05) is 6.07 Å². The molecule has 0 aliphatic heterocycles. The SMILES string of the molecule is CCNC(=NCc1ncnn1C)NCCC(=O)Nc1cccc(C)n1. The smallest absolute Gasteiger partial charge is 0.227 e. The molecule has 0 aliphatic rings. The van der Waals surface area contributed by atoms with Crippen LogP contribution in [0, 0.1) is 6.92 Å². The molecular weight excluding hydrogens is 320 g/mol. The van der Waals surface area contributed by atoms with Crippen molar-refractivity contribution in [2.24, 2.45) is 12.0 Å². The Bertz CT molecular complexity index is 724. The average Bonchev–Trinajstić information content (AvgIpc) is 2.97. The first-order valence-electron chi connectivity index (χ1n) is 8.17. The maximum atomic E-state index is 12.0. The van der Waals surface area contributed by atoms with Gasteiger partial charge < -0.3 is 16.0 Å². The summed E-state index contributed by atoms with van der Waals surface area (Å²) in [5, 5.41) is 13.1. The Labute approximate surface area is 147 Å². The third-order valence-electron chi connectivity index (χ3n) is 3.33. The van der Waals surface area contributed by atoms with E-state index in [9.17, 15) is 4.79 Å². The number of aliphatic imine (C=N–C) groups is 1. The summed E-state index contributed by atoms with van der Waals surface area (Å²) >= 11 is 0. The summed E-state index contributed by atoms with van der Waals surface area (Å²) in [5.41, 5.74) is 0.862. The maximum Gasteiger partial charge on any atom is 0.227 e. The number of amides is 1. The number of anilines is 1. The van der Waals surface area contributed by atoms with Gasteiger partial charge in [0.25, 0.3) is 0 Å². The van der Waals surface area contributed by atoms with Gasteiger partial charge in [0.05, 0.1) is 0 Å². The summed E-state index contributed by atoms with van der Waals surface area (Å²) in [6.07, 6.45) is 1.80. The van der Waals surface area contributed by atoms with E-state index in [4.69, 9.17) is 0 Å². The fourth-order valence-electron chi connectivity index (χ4n) is 2.07. The standard InChI is InChI=1S/C16H24N8O/c1-4-17-16(19-10-14-20-11-21-24(14)3)18-9-8-15(25)23-13-7-5-6-12(2)22-13/h5-7,11H,4,8-10H2,1-3H3,(H2,17,18,19)(H,22,23,25). The molecule has 0 unspecified atom stereocenters. The molecule has 2 aromatic heterocycles. The summed E-state index contributed by atoms with van der Waals surface area (Å²) in [7, 11) is 1.82. The van der Waals surface area contributed by atoms with E-state index in [1.807, 2.05) is 33.0 Å². The Morgan fingerprint density at radius 2 is 2.16 bits per heavy atom. The number of aryl methyl sites for hydroxylation is 2. The van der Waals surface area contributed by atoms with Crippen molar-refractivity contribution in [2.45, 2.75) is 26.8 Å². The molecule has 0 fully saturated rings. The van der Waals surface area contributed by atoms with Crippen LogP contribution in [-0.4, -0.2) is 44.7 Å². The van der Waals surface area contributed by atoms with Gasteiger partial charge in [-0.3, -0.25) is 9.48 Å². The van der Waals surface area contributed by atoms with Crippen LogP contribution in [0.15, 0.2) is 29.5 Å². The summed E-state index contributed by atoms with van der Waals surface area (Å²) in [6, 6.07) is 5.51. The lowest BCUT2D eigenvalue weighted by atomic mass is 10.3. The Morgan fingerprint density at radius 1 is 1.32 bits per heavy atom. The quantitative estimate of drug-likeness (QED) is 0.501. The first kappa shape index (κ1) is 18.4. The van der Waals surface area contributed by atoms with E-state index in [1.54, 1.807) is 10.7 Å². The third kappa shape index (κ3) is 6.21. The molecule has 0 spiro atoms. The Kier molecular flexibility index (Phi) is 6.87. The molecule has 2 rings (SSSR count). The minimum absolute atomic E-state index is 0.102. The van der Waals surface area contributed by atoms with E-state index < -0.39 is 0 Å². The lowest BCUT2D eigenvalue weighted by Gasteiger charge is -2.11. The zero-order chi connectivity index (χ0) is 18.1. The zero-order valence-corrected chi connectivity index (χ0v) is 14.8. The summed E-state index contributed by atoms with van der Waals surface area (Å²) in [5.74, 6) is 1.86. The molecule has 1 amide bonds. The number of hydrogen-bond acceptors (Lipinski definition) is 5. The van der Waals surface area contributed by atoms with E-state index in [0.717, 1.165) is 18.1 Å². The van der Waals surface area contributed by atoms with Crippen LogP contribution in [-0.2, 0) is 18.4 Å². The largest absolute Gasteiger partial charge is 0.357 e. The molecule has 25 heavy (non-hydrogen) atoms. The van der Waals surface area contributed by atoms with Gasteiger partial charge in [0, 0.05) is 32.3 Å². The minimum Gasteiger partial charge on any atom is -0.357 e. The summed E-state index contributed by atoms with van der Waals surface area (Å²) < 4.78 is 1.68. The number of carbonyl (C=O) groups excluding carboxylic acids is 1. The molecule has 3 N–H and O–H groups in total. The van der Waals surface area contributed by atoms with Gasteiger partial charge in [-0.25, -0.2) is 15.0 Å². The Balaban J connectivity index is 1.80. The van der Waals surface area contributed by atoms with E-state index in [2.05, 4.69) is 36.0 Å². The predicted octanol–water partition coefficient (Wildman–Crippen LogP) is 0.602. The second-order valence-corrected chi connectivity index (χ2v) is 5.38. The van der Waals surface area contributed by atoms with Gasteiger partial charge in [-0.05, 0) is 26.0 Å². The topological polar surface area (TPSA) is 109 Å². The van der Waals surface area contributed by atoms with Crippen LogP contribution in [0.3, 0.4) is 0 Å². The molecule has 0 saturated heterocycles. The van der Waals surface area contributed by atoms with Crippen LogP contribution in [0.4, 0.5) is 5.82 Å². The highest BCUT2D eigenvalue weighted by Crippen LogP contribution is 2.03. The van der Waals surface area contributed by atoms with E-state index >= 15 is 0 Å². The lowest BCUT2D eigenvalue weighted by Crippen LogP contribution is -2.38. The van der Waals surface area contributed by atoms with Crippen molar-refractivity contribution in [2.75, 3.05) is 18.4 Å². The molecule has 0 saturated carbocycles. The highest BCUT2D eigenvalue weighted by molar-refractivity contribution is 5.90. The Hall–Kier alpha value is -2.97. The van der Waals surface area contributed by atoms with Crippen LogP contribution in [0.25, 0.3) is 0 Å². The molecule has 0 radical (unpaired) electrons. The normalized spacial score (nSPS) is 11.2. The Morgan fingerprint density at radius 3 is 2.84 bits per heavy atom. The van der Waals surface area contributed by atoms with Gasteiger partial charge in [0.2, 0.25) is 5.91 Å². The molecule has 0 aromatic carbocycles. The highest BCUT2D eigenvalue weighted by atomic mass is 16.1. The van der Waals surface area contributed by atoms with Crippen molar-refractivity contribution < 1.29 is 4.79 Å². The minimum atomic E-state index is -0.102. The van der Waals surface area contributed by atoms with Gasteiger partial charge >= 0.3 is 0 Å². The van der Waals surface area contributed by atoms with E-state index in [-0.39, 0.29) is 5.91 Å². The number of nitrogens with one attached hydrogen (secondary N) is 3. The number of aromatic nitrogens is 4. The van der Waals surface area contributed by atoms with Gasteiger partial charge in [-0.2, -0.15) is 5.10 Å². The van der Waals surface area contributed by atoms with E-state index in [1.165, 1.54) is 6.33 Å². The molecular formula is C16H24N8O. The number of pyridine rings is 1. The van der Waals surface area contributed by atoms with Crippen LogP contribution in [0.1, 0.15) is 24.9 Å². The predicted molar refractivity (Wildman–Crippen MR) is 96.0 cm³/mol. The van der Waals surface area contributed by atoms with Gasteiger partial charge in [-0.15, -0.1) is 0 Å². The monoisotopic (exact) mass is 344 g/mol. The molecule has 134 valence electrons. The molecule has 2 aromatic rings. The molecule has 9 nitrogen and oxygen atoms in total. The van der Waals surface area contributed by atoms with Crippen LogP contribution in [0.5, 0.6) is 0 Å². The van der Waals surface area contributed by atoms with Crippen LogP contribution >= 0.6 is 0 Å². The molecule has 0 bridgehead atoms. The van der Waals surface area contributed by atoms with Gasteiger partial charge in [0.15, 0.2) is 5.96 Å². The summed E-state index contributed by atoms with van der Waals surface area (Å²) in [6.45, 7) is 5.46. The summed E-state index contributed by atoms with van der Waals surface area (Å²) in [4.78, 5) is 24.8. The number of hydrogen-bond donors (Lipinski definition) is 3. The van der Waals surface area contributed by atoms with Crippen LogP contribution < -0.4 is 16.0 Å². The molecule has 2 heterocycles. The molecule has 9 heteroatoms. The maximum absolute atomic E-state index is 12.0. The number of nitrogens with zero attached hydrogens (tertiary/aromatic N) is 5. The number of rotatable bonds is 7. The van der Waals surface area contributed by atoms with Crippen molar-refractivity contribution >= 4 is 17.7 Å². The second-order valence-electron chi connectivity index (χ2n) is 5.38. The number of guanidine groups is 1. The van der Waals surface area contributed by atoms with Crippen molar-refractivity contribution in [3.8, 4) is 0 Å². The molecule has 0 atom stereocenters. The van der Waals surface area contributed by atoms with Crippen molar-refractivity contribution in [1.29, 1.82) is 0 Å². The van der Waals surface area contributed by atoms with Crippen LogP contribution in [0.2, 0.25) is 0 Å². The van der Waals surface area contributed by atoms with Crippen molar-refractivity contribution in [3.63, 3.8) is 0 Å². The second kappa shape index (κ2) is 9.36. The third-order valence-corrected chi connectivity index (χ3v) is 3.33. The van der Waals surface area contributed by atoms with Gasteiger partial charge in [0.1, 0.15) is 24.5 Å². The first-order chi connectivity index (χ1) is 12.1. The van der Waals surface area contributed by atoms with Crippen molar-refractivity contribution in [1.82, 2.24) is 30.4 Å². The fourth-order valence-corrected chi connectivity index (χ4v) is 2.07. The highest BCUT2D eigenvalue weighted by Gasteiger charge is 2.05. The lowest BCUT2D eigenvalue weighted by molar-refractivity contribution is -0.116. The fraction of sp³-hybridized carbons (Fsp3) is 0.438. The van der Waals surface area contributed by atoms with E-state index in [0.29, 0.717) is 31.3 Å². The zero-order valence-electron chi connectivity index (χ0n) is 14.8. The van der Waals surface area contributed by atoms with Crippen molar-refractivity contribution in [3.05, 3.63) is 36.0 Å².